The van der Waals surface area contributed by atoms with Gasteiger partial charge < -0.3 is 20.9 Å². The average Bonchev–Trinajstić information content (AvgIpc) is 3.11. The number of carbonyl (C=O) groups excluding carboxylic acids is 2. The second-order valence-corrected chi connectivity index (χ2v) is 7.63. The highest BCUT2D eigenvalue weighted by Crippen LogP contribution is 2.32. The Morgan fingerprint density at radius 1 is 0.880 bits per heavy atom. The lowest BCUT2D eigenvalue weighted by Crippen LogP contribution is -2.55. The number of nitrogens with two attached hydrogens (primary N) is 1. The number of amides is 3. The lowest BCUT2D eigenvalue weighted by molar-refractivity contribution is -0.138. The molecule has 2 aliphatic carbocycles. The fourth-order valence-electron chi connectivity index (χ4n) is 4.52. The first-order valence-electron chi connectivity index (χ1n) is 9.73. The van der Waals surface area contributed by atoms with Crippen LogP contribution in [-0.2, 0) is 4.79 Å². The standard InChI is InChI=1S/C18H32N4O2.ClH/c19-13-14-5-4-8-16(14)17(23)21-9-11-22(12-10-21)18(24)20-15-6-2-1-3-7-15;/h14-16H,1-13,19H2,(H,20,24);1H/t14-,16-;/m1./s1. The van der Waals surface area contributed by atoms with E-state index in [1.54, 1.807) is 0 Å². The van der Waals surface area contributed by atoms with E-state index >= 15 is 0 Å². The largest absolute Gasteiger partial charge is 0.339 e. The molecule has 3 aliphatic rings. The molecule has 0 spiro atoms. The lowest BCUT2D eigenvalue weighted by atomic mass is 9.94. The maximum atomic E-state index is 12.7. The first kappa shape index (κ1) is 20.3. The zero-order valence-electron chi connectivity index (χ0n) is 15.1. The third-order valence-electron chi connectivity index (χ3n) is 6.09. The van der Waals surface area contributed by atoms with Gasteiger partial charge in [0.25, 0.3) is 0 Å². The van der Waals surface area contributed by atoms with E-state index in [2.05, 4.69) is 5.32 Å². The van der Waals surface area contributed by atoms with Crippen LogP contribution in [0.4, 0.5) is 4.79 Å². The molecule has 3 fully saturated rings. The number of piperazine rings is 1. The molecule has 3 N–H and O–H groups in total. The van der Waals surface area contributed by atoms with E-state index in [1.165, 1.54) is 19.3 Å². The highest BCUT2D eigenvalue weighted by Gasteiger charge is 2.36. The van der Waals surface area contributed by atoms with E-state index < -0.39 is 0 Å². The molecule has 2 atom stereocenters. The van der Waals surface area contributed by atoms with Crippen molar-refractivity contribution in [2.24, 2.45) is 17.6 Å². The Hall–Kier alpha value is -1.01. The van der Waals surface area contributed by atoms with Crippen molar-refractivity contribution in [1.82, 2.24) is 15.1 Å². The number of hydrogen-bond donors (Lipinski definition) is 2. The van der Waals surface area contributed by atoms with Crippen LogP contribution in [-0.4, -0.2) is 60.5 Å². The quantitative estimate of drug-likeness (QED) is 0.794. The smallest absolute Gasteiger partial charge is 0.317 e. The number of nitrogens with zero attached hydrogens (tertiary/aromatic N) is 2. The summed E-state index contributed by atoms with van der Waals surface area (Å²) in [7, 11) is 0. The summed E-state index contributed by atoms with van der Waals surface area (Å²) in [6.07, 6.45) is 9.10. The zero-order valence-corrected chi connectivity index (χ0v) is 15.9. The summed E-state index contributed by atoms with van der Waals surface area (Å²) < 4.78 is 0. The van der Waals surface area contributed by atoms with E-state index in [0.29, 0.717) is 44.7 Å². The van der Waals surface area contributed by atoms with Crippen molar-refractivity contribution in [1.29, 1.82) is 0 Å². The molecule has 3 rings (SSSR count). The van der Waals surface area contributed by atoms with Crippen LogP contribution < -0.4 is 11.1 Å². The average molecular weight is 373 g/mol. The maximum absolute atomic E-state index is 12.7. The van der Waals surface area contributed by atoms with Gasteiger partial charge in [0.2, 0.25) is 5.91 Å². The highest BCUT2D eigenvalue weighted by molar-refractivity contribution is 5.85. The molecule has 3 amide bonds. The molecule has 0 aromatic rings. The molecule has 144 valence electrons. The molecule has 0 radical (unpaired) electrons. The van der Waals surface area contributed by atoms with Crippen LogP contribution in [0.2, 0.25) is 0 Å². The molecule has 0 aromatic carbocycles. The van der Waals surface area contributed by atoms with Gasteiger partial charge in [0.1, 0.15) is 0 Å². The Labute approximate surface area is 157 Å². The molecule has 0 aromatic heterocycles. The van der Waals surface area contributed by atoms with Crippen LogP contribution in [0.25, 0.3) is 0 Å². The third kappa shape index (κ3) is 5.00. The number of hydrogen-bond acceptors (Lipinski definition) is 3. The van der Waals surface area contributed by atoms with Gasteiger partial charge in [-0.3, -0.25) is 4.79 Å². The number of urea groups is 1. The summed E-state index contributed by atoms with van der Waals surface area (Å²) in [5.41, 5.74) is 5.81. The van der Waals surface area contributed by atoms with Crippen molar-refractivity contribution >= 4 is 24.3 Å². The molecular weight excluding hydrogens is 340 g/mol. The minimum atomic E-state index is 0. The van der Waals surface area contributed by atoms with E-state index in [0.717, 1.165) is 32.1 Å². The van der Waals surface area contributed by atoms with Gasteiger partial charge in [-0.15, -0.1) is 12.4 Å². The number of rotatable bonds is 3. The Balaban J connectivity index is 0.00000225. The molecular formula is C18H33ClN4O2. The molecule has 0 bridgehead atoms. The molecule has 6 nitrogen and oxygen atoms in total. The number of halogens is 1. The van der Waals surface area contributed by atoms with Crippen LogP contribution in [0.1, 0.15) is 51.4 Å². The van der Waals surface area contributed by atoms with Crippen molar-refractivity contribution in [3.63, 3.8) is 0 Å². The van der Waals surface area contributed by atoms with E-state index in [9.17, 15) is 9.59 Å². The van der Waals surface area contributed by atoms with Gasteiger partial charge in [0.05, 0.1) is 0 Å². The molecule has 0 unspecified atom stereocenters. The second-order valence-electron chi connectivity index (χ2n) is 7.63. The van der Waals surface area contributed by atoms with Crippen LogP contribution in [0, 0.1) is 11.8 Å². The van der Waals surface area contributed by atoms with Gasteiger partial charge in [0, 0.05) is 38.1 Å². The second kappa shape index (κ2) is 9.62. The van der Waals surface area contributed by atoms with Crippen molar-refractivity contribution in [2.75, 3.05) is 32.7 Å². The van der Waals surface area contributed by atoms with Gasteiger partial charge >= 0.3 is 6.03 Å². The monoisotopic (exact) mass is 372 g/mol. The normalized spacial score (nSPS) is 27.7. The minimum Gasteiger partial charge on any atom is -0.339 e. The molecule has 2 saturated carbocycles. The molecule has 1 saturated heterocycles. The highest BCUT2D eigenvalue weighted by atomic mass is 35.5. The van der Waals surface area contributed by atoms with Crippen LogP contribution in [0.5, 0.6) is 0 Å². The number of nitrogens with one attached hydrogen (secondary N) is 1. The van der Waals surface area contributed by atoms with E-state index in [4.69, 9.17) is 5.73 Å². The predicted molar refractivity (Wildman–Crippen MR) is 101 cm³/mol. The van der Waals surface area contributed by atoms with Gasteiger partial charge in [-0.05, 0) is 38.1 Å². The molecule has 7 heteroatoms. The molecule has 1 heterocycles. The topological polar surface area (TPSA) is 78.7 Å². The van der Waals surface area contributed by atoms with Crippen LogP contribution >= 0.6 is 12.4 Å². The van der Waals surface area contributed by atoms with Gasteiger partial charge in [-0.1, -0.05) is 25.7 Å². The van der Waals surface area contributed by atoms with Crippen molar-refractivity contribution in [3.8, 4) is 0 Å². The van der Waals surface area contributed by atoms with Gasteiger partial charge in [-0.25, -0.2) is 4.79 Å². The Kier molecular flexibility index (Phi) is 7.81. The SMILES string of the molecule is Cl.NC[C@H]1CCC[C@H]1C(=O)N1CCN(C(=O)NC2CCCCC2)CC1. The van der Waals surface area contributed by atoms with Crippen LogP contribution in [0.3, 0.4) is 0 Å². The van der Waals surface area contributed by atoms with Gasteiger partial charge in [-0.2, -0.15) is 0 Å². The third-order valence-corrected chi connectivity index (χ3v) is 6.09. The van der Waals surface area contributed by atoms with Crippen molar-refractivity contribution in [3.05, 3.63) is 0 Å². The summed E-state index contributed by atoms with van der Waals surface area (Å²) in [5.74, 6) is 0.720. The van der Waals surface area contributed by atoms with E-state index in [1.807, 2.05) is 9.80 Å². The van der Waals surface area contributed by atoms with Crippen LogP contribution in [0.15, 0.2) is 0 Å². The first-order chi connectivity index (χ1) is 11.7. The number of carbonyl (C=O) groups is 2. The molecule has 25 heavy (non-hydrogen) atoms. The summed E-state index contributed by atoms with van der Waals surface area (Å²) >= 11 is 0. The summed E-state index contributed by atoms with van der Waals surface area (Å²) in [6.45, 7) is 3.21. The zero-order chi connectivity index (χ0) is 16.9. The Morgan fingerprint density at radius 3 is 2.16 bits per heavy atom. The van der Waals surface area contributed by atoms with Gasteiger partial charge in [0.15, 0.2) is 0 Å². The predicted octanol–water partition coefficient (Wildman–Crippen LogP) is 1.97. The lowest BCUT2D eigenvalue weighted by Gasteiger charge is -2.37. The van der Waals surface area contributed by atoms with Crippen molar-refractivity contribution < 1.29 is 9.59 Å². The summed E-state index contributed by atoms with van der Waals surface area (Å²) in [5, 5.41) is 3.17. The fraction of sp³-hybridized carbons (Fsp3) is 0.889. The fourth-order valence-corrected chi connectivity index (χ4v) is 4.52. The minimum absolute atomic E-state index is 0. The molecule has 1 aliphatic heterocycles. The maximum Gasteiger partial charge on any atom is 0.317 e. The van der Waals surface area contributed by atoms with E-state index in [-0.39, 0.29) is 30.3 Å². The summed E-state index contributed by atoms with van der Waals surface area (Å²) in [4.78, 5) is 28.9. The summed E-state index contributed by atoms with van der Waals surface area (Å²) in [6, 6.07) is 0.393. The Bertz CT molecular complexity index is 448. The Morgan fingerprint density at radius 2 is 1.52 bits per heavy atom. The van der Waals surface area contributed by atoms with Crippen molar-refractivity contribution in [2.45, 2.75) is 57.4 Å². The first-order valence-corrected chi connectivity index (χ1v) is 9.73.